The molecule has 1 N–H and O–H groups in total. The minimum Gasteiger partial charge on any atom is -0.494 e. The standard InChI is InChI=1S/C21H19NO2S/c1-2-24-17-14-12-16(13-15-17)21(23)22-19-10-6-7-11-20(19)25-18-8-4-3-5-9-18/h3-15H,2H2,1H3,(H,22,23). The number of benzene rings is 3. The van der Waals surface area contributed by atoms with E-state index in [-0.39, 0.29) is 5.91 Å². The smallest absolute Gasteiger partial charge is 0.255 e. The van der Waals surface area contributed by atoms with Gasteiger partial charge < -0.3 is 10.1 Å². The molecule has 0 unspecified atom stereocenters. The Kier molecular flexibility index (Phi) is 5.75. The van der Waals surface area contributed by atoms with Gasteiger partial charge in [0.2, 0.25) is 0 Å². The summed E-state index contributed by atoms with van der Waals surface area (Å²) in [4.78, 5) is 14.7. The van der Waals surface area contributed by atoms with Crippen LogP contribution in [0.2, 0.25) is 0 Å². The largest absolute Gasteiger partial charge is 0.494 e. The molecule has 25 heavy (non-hydrogen) atoms. The van der Waals surface area contributed by atoms with Crippen molar-refractivity contribution in [2.45, 2.75) is 16.7 Å². The third kappa shape index (κ3) is 4.64. The molecule has 0 saturated heterocycles. The van der Waals surface area contributed by atoms with Crippen molar-refractivity contribution in [2.75, 3.05) is 11.9 Å². The first kappa shape index (κ1) is 17.1. The zero-order valence-electron chi connectivity index (χ0n) is 13.9. The van der Waals surface area contributed by atoms with E-state index in [1.807, 2.05) is 61.5 Å². The molecule has 0 aliphatic rings. The van der Waals surface area contributed by atoms with Crippen LogP contribution < -0.4 is 10.1 Å². The van der Waals surface area contributed by atoms with Gasteiger partial charge in [-0.15, -0.1) is 0 Å². The summed E-state index contributed by atoms with van der Waals surface area (Å²) in [6.07, 6.45) is 0. The van der Waals surface area contributed by atoms with Crippen LogP contribution >= 0.6 is 11.8 Å². The van der Waals surface area contributed by atoms with Gasteiger partial charge in [-0.05, 0) is 55.5 Å². The van der Waals surface area contributed by atoms with Crippen molar-refractivity contribution in [1.29, 1.82) is 0 Å². The fourth-order valence-electron chi connectivity index (χ4n) is 2.34. The topological polar surface area (TPSA) is 38.3 Å². The van der Waals surface area contributed by atoms with Gasteiger partial charge in [-0.1, -0.05) is 42.1 Å². The van der Waals surface area contributed by atoms with E-state index in [0.717, 1.165) is 21.2 Å². The summed E-state index contributed by atoms with van der Waals surface area (Å²) in [6, 6.07) is 25.1. The highest BCUT2D eigenvalue weighted by atomic mass is 32.2. The average Bonchev–Trinajstić information content (AvgIpc) is 2.65. The summed E-state index contributed by atoms with van der Waals surface area (Å²) >= 11 is 1.63. The van der Waals surface area contributed by atoms with Crippen LogP contribution in [0.25, 0.3) is 0 Å². The maximum atomic E-state index is 12.5. The van der Waals surface area contributed by atoms with Gasteiger partial charge in [-0.2, -0.15) is 0 Å². The highest BCUT2D eigenvalue weighted by Gasteiger charge is 2.10. The van der Waals surface area contributed by atoms with Gasteiger partial charge in [0.25, 0.3) is 5.91 Å². The van der Waals surface area contributed by atoms with Gasteiger partial charge in [0.15, 0.2) is 0 Å². The monoisotopic (exact) mass is 349 g/mol. The van der Waals surface area contributed by atoms with Crippen molar-refractivity contribution in [3.8, 4) is 5.75 Å². The number of ether oxygens (including phenoxy) is 1. The Morgan fingerprint density at radius 3 is 2.32 bits per heavy atom. The molecule has 3 aromatic rings. The molecule has 0 radical (unpaired) electrons. The van der Waals surface area contributed by atoms with Crippen molar-refractivity contribution in [1.82, 2.24) is 0 Å². The Hall–Kier alpha value is -2.72. The predicted octanol–water partition coefficient (Wildman–Crippen LogP) is 5.49. The molecular formula is C21H19NO2S. The Balaban J connectivity index is 1.75. The van der Waals surface area contributed by atoms with Crippen LogP contribution in [0.1, 0.15) is 17.3 Å². The van der Waals surface area contributed by atoms with Crippen molar-refractivity contribution in [3.05, 3.63) is 84.4 Å². The molecule has 0 bridgehead atoms. The van der Waals surface area contributed by atoms with Crippen LogP contribution in [0.3, 0.4) is 0 Å². The second-order valence-electron chi connectivity index (χ2n) is 5.32. The fourth-order valence-corrected chi connectivity index (χ4v) is 3.26. The first-order valence-corrected chi connectivity index (χ1v) is 8.94. The number of hydrogen-bond acceptors (Lipinski definition) is 3. The Morgan fingerprint density at radius 2 is 1.60 bits per heavy atom. The van der Waals surface area contributed by atoms with E-state index in [1.165, 1.54) is 0 Å². The third-order valence-corrected chi connectivity index (χ3v) is 4.62. The number of rotatable bonds is 6. The van der Waals surface area contributed by atoms with E-state index in [0.29, 0.717) is 12.2 Å². The van der Waals surface area contributed by atoms with Crippen LogP contribution in [0.15, 0.2) is 88.7 Å². The van der Waals surface area contributed by atoms with E-state index in [1.54, 1.807) is 23.9 Å². The molecule has 3 nitrogen and oxygen atoms in total. The van der Waals surface area contributed by atoms with E-state index < -0.39 is 0 Å². The van der Waals surface area contributed by atoms with Crippen molar-refractivity contribution in [3.63, 3.8) is 0 Å². The number of carbonyl (C=O) groups is 1. The molecule has 4 heteroatoms. The van der Waals surface area contributed by atoms with Gasteiger partial charge in [0, 0.05) is 15.4 Å². The van der Waals surface area contributed by atoms with Gasteiger partial charge in [0.1, 0.15) is 5.75 Å². The summed E-state index contributed by atoms with van der Waals surface area (Å²) < 4.78 is 5.41. The molecule has 3 rings (SSSR count). The lowest BCUT2D eigenvalue weighted by atomic mass is 10.2. The molecule has 0 aliphatic heterocycles. The van der Waals surface area contributed by atoms with E-state index in [9.17, 15) is 4.79 Å². The van der Waals surface area contributed by atoms with Crippen LogP contribution in [-0.4, -0.2) is 12.5 Å². The summed E-state index contributed by atoms with van der Waals surface area (Å²) in [7, 11) is 0. The molecule has 0 fully saturated rings. The molecule has 126 valence electrons. The SMILES string of the molecule is CCOc1ccc(C(=O)Nc2ccccc2Sc2ccccc2)cc1. The van der Waals surface area contributed by atoms with Crippen molar-refractivity contribution < 1.29 is 9.53 Å². The van der Waals surface area contributed by atoms with Crippen molar-refractivity contribution in [2.24, 2.45) is 0 Å². The molecule has 0 saturated carbocycles. The lowest BCUT2D eigenvalue weighted by Crippen LogP contribution is -2.12. The van der Waals surface area contributed by atoms with Crippen LogP contribution in [0, 0.1) is 0 Å². The predicted molar refractivity (Wildman–Crippen MR) is 103 cm³/mol. The van der Waals surface area contributed by atoms with Crippen LogP contribution in [-0.2, 0) is 0 Å². The maximum absolute atomic E-state index is 12.5. The summed E-state index contributed by atoms with van der Waals surface area (Å²) in [5.74, 6) is 0.628. The maximum Gasteiger partial charge on any atom is 0.255 e. The number of anilines is 1. The van der Waals surface area contributed by atoms with E-state index in [2.05, 4.69) is 17.4 Å². The van der Waals surface area contributed by atoms with E-state index >= 15 is 0 Å². The van der Waals surface area contributed by atoms with Gasteiger partial charge >= 0.3 is 0 Å². The average molecular weight is 349 g/mol. The number of amides is 1. The second kappa shape index (κ2) is 8.40. The summed E-state index contributed by atoms with van der Waals surface area (Å²) in [6.45, 7) is 2.54. The molecule has 0 aliphatic carbocycles. The van der Waals surface area contributed by atoms with Crippen LogP contribution in [0.4, 0.5) is 5.69 Å². The Morgan fingerprint density at radius 1 is 0.920 bits per heavy atom. The van der Waals surface area contributed by atoms with Gasteiger partial charge in [-0.25, -0.2) is 0 Å². The zero-order valence-corrected chi connectivity index (χ0v) is 14.8. The van der Waals surface area contributed by atoms with Gasteiger partial charge in [0.05, 0.1) is 12.3 Å². The molecule has 0 heterocycles. The Labute approximate surface area is 152 Å². The van der Waals surface area contributed by atoms with E-state index in [4.69, 9.17) is 4.74 Å². The van der Waals surface area contributed by atoms with Gasteiger partial charge in [-0.3, -0.25) is 4.79 Å². The minimum atomic E-state index is -0.135. The number of carbonyl (C=O) groups excluding carboxylic acids is 1. The minimum absolute atomic E-state index is 0.135. The summed E-state index contributed by atoms with van der Waals surface area (Å²) in [5, 5.41) is 3.00. The lowest BCUT2D eigenvalue weighted by Gasteiger charge is -2.11. The highest BCUT2D eigenvalue weighted by Crippen LogP contribution is 2.33. The molecule has 0 atom stereocenters. The summed E-state index contributed by atoms with van der Waals surface area (Å²) in [5.41, 5.74) is 1.40. The lowest BCUT2D eigenvalue weighted by molar-refractivity contribution is 0.102. The molecule has 0 spiro atoms. The molecule has 1 amide bonds. The molecule has 3 aromatic carbocycles. The number of para-hydroxylation sites is 1. The number of hydrogen-bond donors (Lipinski definition) is 1. The van der Waals surface area contributed by atoms with Crippen LogP contribution in [0.5, 0.6) is 5.75 Å². The highest BCUT2D eigenvalue weighted by molar-refractivity contribution is 7.99. The fraction of sp³-hybridized carbons (Fsp3) is 0.0952. The molecular weight excluding hydrogens is 330 g/mol. The quantitative estimate of drug-likeness (QED) is 0.639. The molecule has 0 aromatic heterocycles. The normalized spacial score (nSPS) is 10.3. The second-order valence-corrected chi connectivity index (χ2v) is 6.44. The first-order valence-electron chi connectivity index (χ1n) is 8.12. The zero-order chi connectivity index (χ0) is 17.5. The first-order chi connectivity index (χ1) is 12.3. The Bertz CT molecular complexity index is 832. The third-order valence-electron chi connectivity index (χ3n) is 3.53. The number of nitrogens with one attached hydrogen (secondary N) is 1. The van der Waals surface area contributed by atoms with Crippen molar-refractivity contribution >= 4 is 23.4 Å².